The van der Waals surface area contributed by atoms with Crippen molar-refractivity contribution in [1.29, 1.82) is 0 Å². The number of rotatable bonds is 6. The van der Waals surface area contributed by atoms with Crippen LogP contribution in [-0.4, -0.2) is 23.7 Å². The summed E-state index contributed by atoms with van der Waals surface area (Å²) in [5.41, 5.74) is 2.66. The van der Waals surface area contributed by atoms with Crippen LogP contribution in [0.5, 0.6) is 0 Å². The summed E-state index contributed by atoms with van der Waals surface area (Å²) in [6, 6.07) is 20.2. The maximum absolute atomic E-state index is 12.8. The number of hydrogen-bond donors (Lipinski definition) is 1. The maximum atomic E-state index is 12.8. The molecule has 0 saturated heterocycles. The summed E-state index contributed by atoms with van der Waals surface area (Å²) in [5, 5.41) is 2.78. The Balaban J connectivity index is 1.52. The van der Waals surface area contributed by atoms with Crippen LogP contribution in [0, 0.1) is 6.92 Å². The Morgan fingerprint density at radius 1 is 0.969 bits per heavy atom. The van der Waals surface area contributed by atoms with Crippen LogP contribution in [0.3, 0.4) is 0 Å². The number of nitrogens with one attached hydrogen (secondary N) is 1. The fraction of sp³-hybridized carbons (Fsp3) is 0.125. The fourth-order valence-corrected chi connectivity index (χ4v) is 4.78. The number of amides is 1. The fourth-order valence-electron chi connectivity index (χ4n) is 3.39. The first-order valence-corrected chi connectivity index (χ1v) is 11.8. The van der Waals surface area contributed by atoms with Crippen molar-refractivity contribution in [1.82, 2.24) is 9.38 Å². The highest BCUT2D eigenvalue weighted by Crippen LogP contribution is 2.15. The molecule has 0 atom stereocenters. The highest BCUT2D eigenvalue weighted by molar-refractivity contribution is 7.89. The number of aromatic nitrogens is 2. The molecule has 8 heteroatoms. The van der Waals surface area contributed by atoms with E-state index < -0.39 is 9.84 Å². The van der Waals surface area contributed by atoms with E-state index in [1.807, 2.05) is 31.2 Å². The van der Waals surface area contributed by atoms with Crippen molar-refractivity contribution in [2.45, 2.75) is 18.4 Å². The number of carbonyl (C=O) groups is 1. The first-order chi connectivity index (χ1) is 15.3. The molecule has 0 unspecified atom stereocenters. The summed E-state index contributed by atoms with van der Waals surface area (Å²) < 4.78 is 27.0. The summed E-state index contributed by atoms with van der Waals surface area (Å²) >= 11 is 0. The zero-order chi connectivity index (χ0) is 22.7. The van der Waals surface area contributed by atoms with E-state index in [1.165, 1.54) is 10.5 Å². The van der Waals surface area contributed by atoms with Gasteiger partial charge in [0.05, 0.1) is 17.2 Å². The molecule has 0 radical (unpaired) electrons. The van der Waals surface area contributed by atoms with Crippen LogP contribution in [0.4, 0.5) is 5.69 Å². The lowest BCUT2D eigenvalue weighted by Gasteiger charge is -2.09. The Morgan fingerprint density at radius 3 is 2.53 bits per heavy atom. The lowest BCUT2D eigenvalue weighted by molar-refractivity contribution is 0.102. The number of carbonyl (C=O) groups excluding carboxylic acids is 1. The highest BCUT2D eigenvalue weighted by atomic mass is 32.2. The molecule has 2 heterocycles. The van der Waals surface area contributed by atoms with Gasteiger partial charge in [-0.1, -0.05) is 36.4 Å². The molecule has 0 aliphatic rings. The van der Waals surface area contributed by atoms with Crippen molar-refractivity contribution >= 4 is 27.1 Å². The van der Waals surface area contributed by atoms with E-state index in [-0.39, 0.29) is 28.7 Å². The molecular weight excluding hydrogens is 426 g/mol. The Bertz CT molecular complexity index is 1460. The largest absolute Gasteiger partial charge is 0.322 e. The summed E-state index contributed by atoms with van der Waals surface area (Å²) in [6.07, 6.45) is 1.66. The average molecular weight is 448 g/mol. The maximum Gasteiger partial charge on any atom is 0.258 e. The van der Waals surface area contributed by atoms with E-state index in [0.717, 1.165) is 5.56 Å². The standard InChI is InChI=1S/C24H21N3O4S/c1-17-10-11-22-25-21(13-23(28)27(22)14-17)16-32(30,31)15-18-6-5-7-19(12-18)24(29)26-20-8-3-2-4-9-20/h2-14H,15-16H2,1H3,(H,26,29). The van der Waals surface area contributed by atoms with Gasteiger partial charge in [0.1, 0.15) is 5.65 Å². The molecule has 4 rings (SSSR count). The normalized spacial score (nSPS) is 11.4. The molecule has 0 saturated carbocycles. The zero-order valence-corrected chi connectivity index (χ0v) is 18.2. The van der Waals surface area contributed by atoms with Crippen LogP contribution in [0.25, 0.3) is 5.65 Å². The summed E-state index contributed by atoms with van der Waals surface area (Å²) in [7, 11) is -3.62. The van der Waals surface area contributed by atoms with E-state index in [0.29, 0.717) is 22.5 Å². The Hall–Kier alpha value is -3.78. The van der Waals surface area contributed by atoms with Crippen molar-refractivity contribution in [2.75, 3.05) is 5.32 Å². The van der Waals surface area contributed by atoms with Gasteiger partial charge in [0.2, 0.25) is 0 Å². The minimum atomic E-state index is -3.62. The molecule has 0 fully saturated rings. The van der Waals surface area contributed by atoms with Crippen molar-refractivity contribution in [3.05, 3.63) is 112 Å². The second-order valence-electron chi connectivity index (χ2n) is 7.57. The molecule has 1 amide bonds. The third-order valence-electron chi connectivity index (χ3n) is 4.84. The predicted octanol–water partition coefficient (Wildman–Crippen LogP) is 3.37. The molecule has 0 spiro atoms. The van der Waals surface area contributed by atoms with Gasteiger partial charge in [-0.25, -0.2) is 13.4 Å². The van der Waals surface area contributed by atoms with Crippen LogP contribution in [0.15, 0.2) is 83.8 Å². The molecule has 4 aromatic rings. The van der Waals surface area contributed by atoms with Gasteiger partial charge in [0, 0.05) is 23.5 Å². The Kier molecular flexibility index (Phi) is 5.87. The van der Waals surface area contributed by atoms with Crippen molar-refractivity contribution < 1.29 is 13.2 Å². The monoisotopic (exact) mass is 447 g/mol. The third-order valence-corrected chi connectivity index (χ3v) is 6.34. The molecule has 0 aliphatic carbocycles. The van der Waals surface area contributed by atoms with Crippen LogP contribution in [0.1, 0.15) is 27.2 Å². The average Bonchev–Trinajstić information content (AvgIpc) is 2.74. The van der Waals surface area contributed by atoms with E-state index >= 15 is 0 Å². The molecule has 32 heavy (non-hydrogen) atoms. The number of sulfone groups is 1. The lowest BCUT2D eigenvalue weighted by atomic mass is 10.1. The quantitative estimate of drug-likeness (QED) is 0.489. The van der Waals surface area contributed by atoms with E-state index in [4.69, 9.17) is 0 Å². The number of aryl methyl sites for hydroxylation is 1. The second kappa shape index (κ2) is 8.76. The molecule has 7 nitrogen and oxygen atoms in total. The molecule has 2 aromatic carbocycles. The Morgan fingerprint density at radius 2 is 1.75 bits per heavy atom. The number of hydrogen-bond acceptors (Lipinski definition) is 5. The van der Waals surface area contributed by atoms with Crippen LogP contribution in [0.2, 0.25) is 0 Å². The van der Waals surface area contributed by atoms with Crippen molar-refractivity contribution in [2.24, 2.45) is 0 Å². The minimum absolute atomic E-state index is 0.192. The van der Waals surface area contributed by atoms with Crippen LogP contribution in [-0.2, 0) is 21.3 Å². The Labute approximate surface area is 185 Å². The first-order valence-electron chi connectivity index (χ1n) is 9.94. The van der Waals surface area contributed by atoms with Crippen molar-refractivity contribution in [3.63, 3.8) is 0 Å². The second-order valence-corrected chi connectivity index (χ2v) is 9.64. The highest BCUT2D eigenvalue weighted by Gasteiger charge is 2.17. The molecule has 0 bridgehead atoms. The topological polar surface area (TPSA) is 97.6 Å². The lowest BCUT2D eigenvalue weighted by Crippen LogP contribution is -2.18. The van der Waals surface area contributed by atoms with E-state index in [2.05, 4.69) is 10.3 Å². The van der Waals surface area contributed by atoms with Crippen molar-refractivity contribution in [3.8, 4) is 0 Å². The number of nitrogens with zero attached hydrogens (tertiary/aromatic N) is 2. The third kappa shape index (κ3) is 5.09. The van der Waals surface area contributed by atoms with Gasteiger partial charge >= 0.3 is 0 Å². The molecule has 2 aromatic heterocycles. The molecule has 0 aliphatic heterocycles. The van der Waals surface area contributed by atoms with Gasteiger partial charge in [0.25, 0.3) is 11.5 Å². The summed E-state index contributed by atoms with van der Waals surface area (Å²) in [6.45, 7) is 1.86. The van der Waals surface area contributed by atoms with E-state index in [9.17, 15) is 18.0 Å². The SMILES string of the molecule is Cc1ccc2nc(CS(=O)(=O)Cc3cccc(C(=O)Nc4ccccc4)c3)cc(=O)n2c1. The molecule has 1 N–H and O–H groups in total. The number of fused-ring (bicyclic) bond motifs is 1. The van der Waals surface area contributed by atoms with Crippen LogP contribution >= 0.6 is 0 Å². The number of para-hydroxylation sites is 1. The smallest absolute Gasteiger partial charge is 0.258 e. The van der Waals surface area contributed by atoms with Gasteiger partial charge in [0.15, 0.2) is 9.84 Å². The summed E-state index contributed by atoms with van der Waals surface area (Å²) in [4.78, 5) is 29.2. The van der Waals surface area contributed by atoms with E-state index in [1.54, 1.807) is 48.7 Å². The van der Waals surface area contributed by atoms with Gasteiger partial charge in [-0.05, 0) is 48.4 Å². The van der Waals surface area contributed by atoms with Crippen LogP contribution < -0.4 is 10.9 Å². The molecular formula is C24H21N3O4S. The van der Waals surface area contributed by atoms with Gasteiger partial charge in [-0.15, -0.1) is 0 Å². The van der Waals surface area contributed by atoms with Gasteiger partial charge < -0.3 is 5.32 Å². The molecule has 162 valence electrons. The first kappa shape index (κ1) is 21.5. The van der Waals surface area contributed by atoms with Gasteiger partial charge in [-0.2, -0.15) is 0 Å². The minimum Gasteiger partial charge on any atom is -0.322 e. The summed E-state index contributed by atoms with van der Waals surface area (Å²) in [5.74, 6) is -0.962. The number of benzene rings is 2. The zero-order valence-electron chi connectivity index (χ0n) is 17.4. The number of anilines is 1. The predicted molar refractivity (Wildman–Crippen MR) is 123 cm³/mol. The number of pyridine rings is 1. The van der Waals surface area contributed by atoms with Gasteiger partial charge in [-0.3, -0.25) is 14.0 Å².